The van der Waals surface area contributed by atoms with Crippen LogP contribution in [0, 0.1) is 0 Å². The number of aromatic nitrogens is 1. The summed E-state index contributed by atoms with van der Waals surface area (Å²) in [5.74, 6) is -1.26. The first kappa shape index (κ1) is 14.7. The number of amides is 1. The van der Waals surface area contributed by atoms with Gasteiger partial charge in [0.25, 0.3) is 0 Å². The summed E-state index contributed by atoms with van der Waals surface area (Å²) in [6.45, 7) is 0. The molecule has 1 heterocycles. The molecule has 1 aromatic heterocycles. The number of carbonyl (C=O) groups is 2. The molecule has 2 aromatic rings. The van der Waals surface area contributed by atoms with Crippen LogP contribution in [0.5, 0.6) is 0 Å². The second-order valence-electron chi connectivity index (χ2n) is 4.27. The molecule has 0 saturated heterocycles. The van der Waals surface area contributed by atoms with Gasteiger partial charge in [-0.15, -0.1) is 0 Å². The summed E-state index contributed by atoms with van der Waals surface area (Å²) >= 11 is 12.0. The van der Waals surface area contributed by atoms with Crippen LogP contribution in [-0.2, 0) is 11.2 Å². The van der Waals surface area contributed by atoms with Crippen LogP contribution in [0.25, 0.3) is 10.9 Å². The zero-order valence-electron chi connectivity index (χ0n) is 10.6. The highest BCUT2D eigenvalue weighted by atomic mass is 35.5. The summed E-state index contributed by atoms with van der Waals surface area (Å²) in [5, 5.41) is 13.1. The van der Waals surface area contributed by atoms with Gasteiger partial charge in [-0.05, 0) is 24.1 Å². The van der Waals surface area contributed by atoms with E-state index in [1.807, 2.05) is 0 Å². The molecule has 1 amide bonds. The van der Waals surface area contributed by atoms with Crippen molar-refractivity contribution in [2.24, 2.45) is 0 Å². The summed E-state index contributed by atoms with van der Waals surface area (Å²) in [4.78, 5) is 25.4. The molecule has 2 rings (SSSR count). The maximum atomic E-state index is 11.3. The molecule has 3 N–H and O–H groups in total. The predicted octanol–water partition coefficient (Wildman–Crippen LogP) is 2.85. The van der Waals surface area contributed by atoms with E-state index < -0.39 is 5.97 Å². The number of carboxylic acid groups (broad SMARTS) is 1. The van der Waals surface area contributed by atoms with Gasteiger partial charge in [-0.2, -0.15) is 0 Å². The minimum absolute atomic E-state index is 0.0352. The van der Waals surface area contributed by atoms with E-state index >= 15 is 0 Å². The topological polar surface area (TPSA) is 82.2 Å². The van der Waals surface area contributed by atoms with Crippen molar-refractivity contribution in [3.05, 3.63) is 33.4 Å². The van der Waals surface area contributed by atoms with Crippen molar-refractivity contribution in [2.75, 3.05) is 7.05 Å². The van der Waals surface area contributed by atoms with Crippen LogP contribution in [-0.4, -0.2) is 29.0 Å². The number of fused-ring (bicyclic) bond motifs is 1. The molecule has 0 aliphatic rings. The number of carboxylic acids is 1. The number of aromatic carboxylic acids is 1. The highest BCUT2D eigenvalue weighted by molar-refractivity contribution is 6.39. The lowest BCUT2D eigenvalue weighted by Crippen LogP contribution is -2.18. The second-order valence-corrected chi connectivity index (χ2v) is 5.11. The smallest absolute Gasteiger partial charge is 0.352 e. The zero-order valence-corrected chi connectivity index (χ0v) is 12.1. The maximum Gasteiger partial charge on any atom is 0.352 e. The minimum Gasteiger partial charge on any atom is -0.477 e. The van der Waals surface area contributed by atoms with Crippen LogP contribution >= 0.6 is 23.2 Å². The van der Waals surface area contributed by atoms with Crippen LogP contribution in [0.4, 0.5) is 0 Å². The van der Waals surface area contributed by atoms with E-state index in [9.17, 15) is 14.7 Å². The highest BCUT2D eigenvalue weighted by Crippen LogP contribution is 2.33. The van der Waals surface area contributed by atoms with Gasteiger partial charge in [0.15, 0.2) is 0 Å². The van der Waals surface area contributed by atoms with Gasteiger partial charge in [-0.3, -0.25) is 4.79 Å². The molecule has 0 saturated carbocycles. The Balaban J connectivity index is 2.56. The number of hydrogen-bond donors (Lipinski definition) is 3. The average Bonchev–Trinajstić information content (AvgIpc) is 2.74. The first-order valence-electron chi connectivity index (χ1n) is 5.87. The number of aromatic amines is 1. The number of aryl methyl sites for hydroxylation is 1. The Hall–Kier alpha value is -1.72. The lowest BCUT2D eigenvalue weighted by molar-refractivity contribution is -0.120. The number of benzene rings is 1. The zero-order chi connectivity index (χ0) is 14.9. The standard InChI is InChI=1S/C13H12Cl2N2O3/c1-16-10(18)3-2-7-11-8(15)4-6(14)5-9(11)17-12(7)13(19)20/h4-5,17H,2-3H2,1H3,(H,16,18)(H,19,20). The lowest BCUT2D eigenvalue weighted by Gasteiger charge is -2.03. The molecular weight excluding hydrogens is 303 g/mol. The molecule has 1 aromatic carbocycles. The third-order valence-corrected chi connectivity index (χ3v) is 3.53. The van der Waals surface area contributed by atoms with Gasteiger partial charge in [-0.25, -0.2) is 4.79 Å². The second kappa shape index (κ2) is 5.73. The van der Waals surface area contributed by atoms with Gasteiger partial charge in [0.05, 0.1) is 5.02 Å². The molecule has 0 aliphatic heterocycles. The summed E-state index contributed by atoms with van der Waals surface area (Å²) in [6, 6.07) is 3.16. The van der Waals surface area contributed by atoms with Crippen molar-refractivity contribution in [3.63, 3.8) is 0 Å². The number of hydrogen-bond acceptors (Lipinski definition) is 2. The van der Waals surface area contributed by atoms with Gasteiger partial charge >= 0.3 is 5.97 Å². The predicted molar refractivity (Wildman–Crippen MR) is 77.7 cm³/mol. The summed E-state index contributed by atoms with van der Waals surface area (Å²) in [6.07, 6.45) is 0.464. The fourth-order valence-corrected chi connectivity index (χ4v) is 2.72. The van der Waals surface area contributed by atoms with E-state index in [1.165, 1.54) is 7.05 Å². The molecule has 0 radical (unpaired) electrons. The monoisotopic (exact) mass is 314 g/mol. The van der Waals surface area contributed by atoms with Crippen LogP contribution in [0.2, 0.25) is 10.0 Å². The average molecular weight is 315 g/mol. The Morgan fingerprint density at radius 2 is 2.05 bits per heavy atom. The summed E-state index contributed by atoms with van der Waals surface area (Å²) in [5.41, 5.74) is 1.10. The summed E-state index contributed by atoms with van der Waals surface area (Å²) < 4.78 is 0. The normalized spacial score (nSPS) is 10.8. The van der Waals surface area contributed by atoms with Crippen LogP contribution in [0.15, 0.2) is 12.1 Å². The molecule has 20 heavy (non-hydrogen) atoms. The van der Waals surface area contributed by atoms with E-state index in [0.29, 0.717) is 26.5 Å². The van der Waals surface area contributed by atoms with Crippen LogP contribution < -0.4 is 5.32 Å². The van der Waals surface area contributed by atoms with Crippen molar-refractivity contribution in [2.45, 2.75) is 12.8 Å². The number of nitrogens with one attached hydrogen (secondary N) is 2. The van der Waals surface area contributed by atoms with E-state index in [2.05, 4.69) is 10.3 Å². The molecule has 0 atom stereocenters. The van der Waals surface area contributed by atoms with Crippen molar-refractivity contribution in [1.82, 2.24) is 10.3 Å². The van der Waals surface area contributed by atoms with Crippen molar-refractivity contribution < 1.29 is 14.7 Å². The minimum atomic E-state index is -1.10. The third kappa shape index (κ3) is 2.73. The fraction of sp³-hybridized carbons (Fsp3) is 0.231. The molecule has 0 fully saturated rings. The van der Waals surface area contributed by atoms with Gasteiger partial charge in [0, 0.05) is 29.4 Å². The number of halogens is 2. The van der Waals surface area contributed by atoms with Gasteiger partial charge in [0.1, 0.15) is 5.69 Å². The number of carbonyl (C=O) groups excluding carboxylic acids is 1. The SMILES string of the molecule is CNC(=O)CCc1c(C(=O)O)[nH]c2cc(Cl)cc(Cl)c12. The Labute approximate surface area is 124 Å². The Bertz CT molecular complexity index is 694. The Kier molecular flexibility index (Phi) is 4.20. The van der Waals surface area contributed by atoms with Crippen molar-refractivity contribution in [3.8, 4) is 0 Å². The van der Waals surface area contributed by atoms with Gasteiger partial charge < -0.3 is 15.4 Å². The third-order valence-electron chi connectivity index (χ3n) is 3.01. The van der Waals surface area contributed by atoms with E-state index in [-0.39, 0.29) is 24.4 Å². The van der Waals surface area contributed by atoms with Gasteiger partial charge in [0.2, 0.25) is 5.91 Å². The molecule has 0 spiro atoms. The maximum absolute atomic E-state index is 11.3. The highest BCUT2D eigenvalue weighted by Gasteiger charge is 2.20. The van der Waals surface area contributed by atoms with Crippen molar-refractivity contribution >= 4 is 46.0 Å². The van der Waals surface area contributed by atoms with E-state index in [0.717, 1.165) is 0 Å². The van der Waals surface area contributed by atoms with E-state index in [4.69, 9.17) is 23.2 Å². The molecule has 0 aliphatic carbocycles. The molecule has 0 bridgehead atoms. The quantitative estimate of drug-likeness (QED) is 0.811. The Morgan fingerprint density at radius 3 is 2.65 bits per heavy atom. The number of H-pyrrole nitrogens is 1. The largest absolute Gasteiger partial charge is 0.477 e. The molecule has 7 heteroatoms. The molecule has 106 valence electrons. The fourth-order valence-electron chi connectivity index (χ4n) is 2.11. The summed E-state index contributed by atoms with van der Waals surface area (Å²) in [7, 11) is 1.53. The first-order chi connectivity index (χ1) is 9.43. The van der Waals surface area contributed by atoms with Crippen LogP contribution in [0.3, 0.4) is 0 Å². The Morgan fingerprint density at radius 1 is 1.35 bits per heavy atom. The first-order valence-corrected chi connectivity index (χ1v) is 6.63. The molecule has 5 nitrogen and oxygen atoms in total. The number of rotatable bonds is 4. The van der Waals surface area contributed by atoms with Crippen molar-refractivity contribution in [1.29, 1.82) is 0 Å². The van der Waals surface area contributed by atoms with Gasteiger partial charge in [-0.1, -0.05) is 23.2 Å². The van der Waals surface area contributed by atoms with E-state index in [1.54, 1.807) is 12.1 Å². The molecule has 0 unspecified atom stereocenters. The van der Waals surface area contributed by atoms with Crippen LogP contribution in [0.1, 0.15) is 22.5 Å². The lowest BCUT2D eigenvalue weighted by atomic mass is 10.0. The molecular formula is C13H12Cl2N2O3.